The van der Waals surface area contributed by atoms with Crippen LogP contribution in [0.25, 0.3) is 0 Å². The largest absolute Gasteiger partial charge is 0.268 e. The maximum atomic E-state index is 6.56. The van der Waals surface area contributed by atoms with Crippen molar-refractivity contribution >= 4 is 27.5 Å². The van der Waals surface area contributed by atoms with Gasteiger partial charge >= 0.3 is 0 Å². The lowest BCUT2D eigenvalue weighted by Crippen LogP contribution is -2.26. The molecule has 1 aromatic rings. The van der Waals surface area contributed by atoms with Gasteiger partial charge in [-0.05, 0) is 38.0 Å². The van der Waals surface area contributed by atoms with Crippen molar-refractivity contribution in [2.75, 3.05) is 5.33 Å². The number of rotatable bonds is 9. The Morgan fingerprint density at radius 2 is 1.95 bits per heavy atom. The number of alkyl halides is 1. The van der Waals surface area contributed by atoms with Gasteiger partial charge in [-0.15, -0.1) is 0 Å². The van der Waals surface area contributed by atoms with Gasteiger partial charge in [-0.2, -0.15) is 5.10 Å². The molecule has 1 unspecified atom stereocenters. The van der Waals surface area contributed by atoms with Crippen LogP contribution in [-0.4, -0.2) is 15.1 Å². The van der Waals surface area contributed by atoms with Gasteiger partial charge in [-0.25, -0.2) is 0 Å². The third kappa shape index (κ3) is 4.00. The van der Waals surface area contributed by atoms with Crippen LogP contribution >= 0.6 is 27.5 Å². The first-order valence-corrected chi connectivity index (χ1v) is 9.37. The molecular formula is C16H28BrClN2. The van der Waals surface area contributed by atoms with Crippen molar-refractivity contribution in [2.24, 2.45) is 5.41 Å². The first-order chi connectivity index (χ1) is 9.57. The average Bonchev–Trinajstić information content (AvgIpc) is 2.79. The van der Waals surface area contributed by atoms with Crippen molar-refractivity contribution < 1.29 is 0 Å². The molecule has 0 saturated carbocycles. The minimum atomic E-state index is 0.303. The molecule has 0 aliphatic heterocycles. The summed E-state index contributed by atoms with van der Waals surface area (Å²) in [5.41, 5.74) is 2.57. The van der Waals surface area contributed by atoms with E-state index >= 15 is 0 Å². The van der Waals surface area contributed by atoms with E-state index in [1.54, 1.807) is 0 Å². The molecule has 1 rings (SSSR count). The normalized spacial score (nSPS) is 14.5. The Bertz CT molecular complexity index is 411. The van der Waals surface area contributed by atoms with Crippen LogP contribution in [0, 0.1) is 5.41 Å². The predicted molar refractivity (Wildman–Crippen MR) is 92.0 cm³/mol. The minimum Gasteiger partial charge on any atom is -0.268 e. The first-order valence-electron chi connectivity index (χ1n) is 7.87. The second-order valence-corrected chi connectivity index (χ2v) is 6.58. The number of unbranched alkanes of at least 4 members (excludes halogenated alkanes) is 1. The van der Waals surface area contributed by atoms with Crippen molar-refractivity contribution in [1.29, 1.82) is 0 Å². The maximum Gasteiger partial charge on any atom is 0.0850 e. The standard InChI is InChI=1S/C16H28BrClN2/c1-5-9-10-16(7-3,12-17)11-14-15(18)13(6-2)19-20(14)8-4/h5-12H2,1-4H3. The number of halogens is 2. The van der Waals surface area contributed by atoms with Gasteiger partial charge in [0.25, 0.3) is 0 Å². The number of nitrogens with zero attached hydrogens (tertiary/aromatic N) is 2. The van der Waals surface area contributed by atoms with E-state index in [9.17, 15) is 0 Å². The molecule has 0 aromatic carbocycles. The molecular weight excluding hydrogens is 336 g/mol. The molecule has 4 heteroatoms. The lowest BCUT2D eigenvalue weighted by Gasteiger charge is -2.31. The molecule has 0 saturated heterocycles. The van der Waals surface area contributed by atoms with E-state index in [1.165, 1.54) is 31.4 Å². The third-order valence-electron chi connectivity index (χ3n) is 4.33. The molecule has 0 aliphatic carbocycles. The Morgan fingerprint density at radius 1 is 1.25 bits per heavy atom. The molecule has 20 heavy (non-hydrogen) atoms. The molecule has 0 N–H and O–H groups in total. The van der Waals surface area contributed by atoms with Gasteiger partial charge in [0.15, 0.2) is 0 Å². The molecule has 0 bridgehead atoms. The highest BCUT2D eigenvalue weighted by Gasteiger charge is 2.30. The van der Waals surface area contributed by atoms with Crippen LogP contribution < -0.4 is 0 Å². The zero-order chi connectivity index (χ0) is 15.2. The summed E-state index contributed by atoms with van der Waals surface area (Å²) in [6, 6.07) is 0. The second-order valence-electron chi connectivity index (χ2n) is 5.64. The summed E-state index contributed by atoms with van der Waals surface area (Å²) >= 11 is 10.3. The molecule has 0 aliphatic rings. The second kappa shape index (κ2) is 8.43. The van der Waals surface area contributed by atoms with E-state index in [0.717, 1.165) is 35.4 Å². The van der Waals surface area contributed by atoms with Crippen molar-refractivity contribution in [3.8, 4) is 0 Å². The molecule has 2 nitrogen and oxygen atoms in total. The van der Waals surface area contributed by atoms with Crippen molar-refractivity contribution in [2.45, 2.75) is 72.8 Å². The Labute approximate surface area is 137 Å². The highest BCUT2D eigenvalue weighted by Crippen LogP contribution is 2.37. The fourth-order valence-electron chi connectivity index (χ4n) is 2.69. The average molecular weight is 364 g/mol. The summed E-state index contributed by atoms with van der Waals surface area (Å²) in [6.45, 7) is 9.70. The van der Waals surface area contributed by atoms with E-state index in [2.05, 4.69) is 53.4 Å². The lowest BCUT2D eigenvalue weighted by atomic mass is 9.78. The molecule has 1 heterocycles. The Balaban J connectivity index is 3.06. The van der Waals surface area contributed by atoms with Gasteiger partial charge in [0.05, 0.1) is 16.4 Å². The number of hydrogen-bond acceptors (Lipinski definition) is 1. The zero-order valence-corrected chi connectivity index (χ0v) is 15.6. The Hall–Kier alpha value is -0.0200. The number of aromatic nitrogens is 2. The van der Waals surface area contributed by atoms with Crippen LogP contribution in [-0.2, 0) is 19.4 Å². The van der Waals surface area contributed by atoms with Crippen molar-refractivity contribution in [3.05, 3.63) is 16.4 Å². The van der Waals surface area contributed by atoms with E-state index in [-0.39, 0.29) is 0 Å². The highest BCUT2D eigenvalue weighted by molar-refractivity contribution is 9.09. The predicted octanol–water partition coefficient (Wildman–Crippen LogP) is 5.64. The molecule has 0 amide bonds. The topological polar surface area (TPSA) is 17.8 Å². The highest BCUT2D eigenvalue weighted by atomic mass is 79.9. The maximum absolute atomic E-state index is 6.56. The van der Waals surface area contributed by atoms with E-state index in [1.807, 2.05) is 0 Å². The summed E-state index contributed by atoms with van der Waals surface area (Å²) in [5.74, 6) is 0. The van der Waals surface area contributed by atoms with Crippen LogP contribution in [0.4, 0.5) is 0 Å². The van der Waals surface area contributed by atoms with Gasteiger partial charge in [0, 0.05) is 11.9 Å². The molecule has 116 valence electrons. The molecule has 1 aromatic heterocycles. The molecule has 0 spiro atoms. The van der Waals surface area contributed by atoms with Crippen molar-refractivity contribution in [1.82, 2.24) is 9.78 Å². The number of hydrogen-bond donors (Lipinski definition) is 0. The van der Waals surface area contributed by atoms with Gasteiger partial charge in [-0.1, -0.05) is 61.1 Å². The van der Waals surface area contributed by atoms with Gasteiger partial charge in [-0.3, -0.25) is 4.68 Å². The summed E-state index contributed by atoms with van der Waals surface area (Å²) in [5, 5.41) is 6.57. The lowest BCUT2D eigenvalue weighted by molar-refractivity contribution is 0.276. The van der Waals surface area contributed by atoms with Crippen molar-refractivity contribution in [3.63, 3.8) is 0 Å². The van der Waals surface area contributed by atoms with Crippen LogP contribution in [0.3, 0.4) is 0 Å². The third-order valence-corrected chi connectivity index (χ3v) is 5.96. The molecule has 0 fully saturated rings. The van der Waals surface area contributed by atoms with E-state index in [0.29, 0.717) is 5.41 Å². The molecule has 1 atom stereocenters. The summed E-state index contributed by atoms with van der Waals surface area (Å²) in [4.78, 5) is 0. The van der Waals surface area contributed by atoms with Crippen LogP contribution in [0.15, 0.2) is 0 Å². The van der Waals surface area contributed by atoms with Gasteiger partial charge < -0.3 is 0 Å². The zero-order valence-electron chi connectivity index (χ0n) is 13.3. The summed E-state index contributed by atoms with van der Waals surface area (Å²) in [7, 11) is 0. The van der Waals surface area contributed by atoms with Crippen LogP contribution in [0.1, 0.15) is 64.8 Å². The van der Waals surface area contributed by atoms with Gasteiger partial charge in [0.2, 0.25) is 0 Å². The summed E-state index contributed by atoms with van der Waals surface area (Å²) in [6.07, 6.45) is 6.87. The van der Waals surface area contributed by atoms with Crippen LogP contribution in [0.5, 0.6) is 0 Å². The monoisotopic (exact) mass is 362 g/mol. The fraction of sp³-hybridized carbons (Fsp3) is 0.812. The van der Waals surface area contributed by atoms with E-state index in [4.69, 9.17) is 11.6 Å². The fourth-order valence-corrected chi connectivity index (χ4v) is 3.90. The first kappa shape index (κ1) is 18.0. The number of aryl methyl sites for hydroxylation is 2. The molecule has 0 radical (unpaired) electrons. The SMILES string of the molecule is CCCCC(CC)(CBr)Cc1c(Cl)c(CC)nn1CC. The Morgan fingerprint density at radius 3 is 2.40 bits per heavy atom. The van der Waals surface area contributed by atoms with Gasteiger partial charge in [0.1, 0.15) is 0 Å². The smallest absolute Gasteiger partial charge is 0.0850 e. The minimum absolute atomic E-state index is 0.303. The van der Waals surface area contributed by atoms with E-state index < -0.39 is 0 Å². The quantitative estimate of drug-likeness (QED) is 0.519. The van der Waals surface area contributed by atoms with Crippen LogP contribution in [0.2, 0.25) is 5.02 Å². The Kier molecular flexibility index (Phi) is 7.60. The summed E-state index contributed by atoms with van der Waals surface area (Å²) < 4.78 is 2.10.